The van der Waals surface area contributed by atoms with Gasteiger partial charge in [-0.05, 0) is 25.1 Å². The molecule has 1 saturated heterocycles. The molecule has 2 rings (SSSR count). The minimum Gasteiger partial charge on any atom is -0.497 e. The van der Waals surface area contributed by atoms with Crippen molar-refractivity contribution in [2.45, 2.75) is 13.0 Å². The molecule has 1 aliphatic rings. The first kappa shape index (κ1) is 17.1. The van der Waals surface area contributed by atoms with Crippen LogP contribution in [0.5, 0.6) is 11.5 Å². The molecule has 23 heavy (non-hydrogen) atoms. The van der Waals surface area contributed by atoms with E-state index in [1.54, 1.807) is 17.0 Å². The summed E-state index contributed by atoms with van der Waals surface area (Å²) in [4.78, 5) is 25.7. The first-order valence-corrected chi connectivity index (χ1v) is 7.33. The Labute approximate surface area is 135 Å². The van der Waals surface area contributed by atoms with E-state index in [2.05, 4.69) is 0 Å². The standard InChI is InChI=1S/C16H21NO6/c1-11-9-17(6-7-22-11)15(18)10-23-14-5-4-12(20-2)8-13(14)16(19)21-3/h4-5,8,11H,6-7,9-10H2,1-3H3. The molecule has 1 aliphatic heterocycles. The van der Waals surface area contributed by atoms with Gasteiger partial charge in [0.15, 0.2) is 6.61 Å². The molecule has 0 aromatic heterocycles. The minimum absolute atomic E-state index is 0.0133. The summed E-state index contributed by atoms with van der Waals surface area (Å²) in [5.74, 6) is 0.0940. The van der Waals surface area contributed by atoms with Crippen LogP contribution in [0.2, 0.25) is 0 Å². The molecule has 1 aromatic carbocycles. The highest BCUT2D eigenvalue weighted by atomic mass is 16.5. The Morgan fingerprint density at radius 2 is 2.13 bits per heavy atom. The summed E-state index contributed by atoms with van der Waals surface area (Å²) in [5.41, 5.74) is 0.218. The number of hydrogen-bond acceptors (Lipinski definition) is 6. The van der Waals surface area contributed by atoms with Crippen molar-refractivity contribution in [1.29, 1.82) is 0 Å². The van der Waals surface area contributed by atoms with E-state index in [-0.39, 0.29) is 29.9 Å². The molecule has 1 heterocycles. The van der Waals surface area contributed by atoms with Gasteiger partial charge in [-0.3, -0.25) is 4.79 Å². The van der Waals surface area contributed by atoms with Crippen molar-refractivity contribution in [3.63, 3.8) is 0 Å². The molecule has 0 bridgehead atoms. The van der Waals surface area contributed by atoms with Gasteiger partial charge in [-0.25, -0.2) is 4.79 Å². The third-order valence-corrected chi connectivity index (χ3v) is 3.54. The molecule has 7 nitrogen and oxygen atoms in total. The summed E-state index contributed by atoms with van der Waals surface area (Å²) >= 11 is 0. The van der Waals surface area contributed by atoms with E-state index in [9.17, 15) is 9.59 Å². The van der Waals surface area contributed by atoms with Crippen LogP contribution in [0, 0.1) is 0 Å². The average molecular weight is 323 g/mol. The van der Waals surface area contributed by atoms with Crippen LogP contribution in [0.25, 0.3) is 0 Å². The summed E-state index contributed by atoms with van der Waals surface area (Å²) in [7, 11) is 2.78. The topological polar surface area (TPSA) is 74.3 Å². The zero-order chi connectivity index (χ0) is 16.8. The molecule has 0 N–H and O–H groups in total. The monoisotopic (exact) mass is 323 g/mol. The lowest BCUT2D eigenvalue weighted by molar-refractivity contribution is -0.140. The Morgan fingerprint density at radius 1 is 1.35 bits per heavy atom. The number of benzene rings is 1. The van der Waals surface area contributed by atoms with Gasteiger partial charge in [0.2, 0.25) is 0 Å². The molecule has 126 valence electrons. The summed E-state index contributed by atoms with van der Waals surface area (Å²) in [6, 6.07) is 4.76. The quantitative estimate of drug-likeness (QED) is 0.756. The molecular weight excluding hydrogens is 302 g/mol. The van der Waals surface area contributed by atoms with Crippen molar-refractivity contribution >= 4 is 11.9 Å². The highest BCUT2D eigenvalue weighted by molar-refractivity contribution is 5.93. The molecule has 1 fully saturated rings. The van der Waals surface area contributed by atoms with Crippen molar-refractivity contribution in [3.05, 3.63) is 23.8 Å². The third-order valence-electron chi connectivity index (χ3n) is 3.54. The van der Waals surface area contributed by atoms with Gasteiger partial charge in [-0.15, -0.1) is 0 Å². The van der Waals surface area contributed by atoms with Gasteiger partial charge in [0.25, 0.3) is 5.91 Å². The lowest BCUT2D eigenvalue weighted by Crippen LogP contribution is -2.46. The molecule has 1 amide bonds. The van der Waals surface area contributed by atoms with Gasteiger partial charge >= 0.3 is 5.97 Å². The van der Waals surface area contributed by atoms with Crippen LogP contribution in [-0.2, 0) is 14.3 Å². The fourth-order valence-corrected chi connectivity index (χ4v) is 2.31. The number of nitrogens with zero attached hydrogens (tertiary/aromatic N) is 1. The maximum absolute atomic E-state index is 12.2. The molecule has 0 aliphatic carbocycles. The predicted octanol–water partition coefficient (Wildman–Crippen LogP) is 1.11. The second kappa shape index (κ2) is 7.82. The van der Waals surface area contributed by atoms with E-state index in [0.29, 0.717) is 25.4 Å². The molecule has 1 unspecified atom stereocenters. The third kappa shape index (κ3) is 4.35. The lowest BCUT2D eigenvalue weighted by Gasteiger charge is -2.31. The van der Waals surface area contributed by atoms with Crippen LogP contribution in [0.1, 0.15) is 17.3 Å². The molecule has 1 aromatic rings. The number of ether oxygens (including phenoxy) is 4. The average Bonchev–Trinajstić information content (AvgIpc) is 2.58. The largest absolute Gasteiger partial charge is 0.497 e. The van der Waals surface area contributed by atoms with Crippen molar-refractivity contribution in [1.82, 2.24) is 4.90 Å². The number of esters is 1. The van der Waals surface area contributed by atoms with Crippen molar-refractivity contribution in [2.75, 3.05) is 40.5 Å². The van der Waals surface area contributed by atoms with Crippen LogP contribution in [0.3, 0.4) is 0 Å². The normalized spacial score (nSPS) is 17.5. The number of morpholine rings is 1. The fourth-order valence-electron chi connectivity index (χ4n) is 2.31. The number of hydrogen-bond donors (Lipinski definition) is 0. The van der Waals surface area contributed by atoms with E-state index in [1.165, 1.54) is 20.3 Å². The van der Waals surface area contributed by atoms with Crippen molar-refractivity contribution in [3.8, 4) is 11.5 Å². The van der Waals surface area contributed by atoms with Crippen LogP contribution in [0.4, 0.5) is 0 Å². The first-order valence-electron chi connectivity index (χ1n) is 7.33. The van der Waals surface area contributed by atoms with Gasteiger partial charge < -0.3 is 23.8 Å². The van der Waals surface area contributed by atoms with Gasteiger partial charge in [-0.2, -0.15) is 0 Å². The SMILES string of the molecule is COC(=O)c1cc(OC)ccc1OCC(=O)N1CCOC(C)C1. The molecule has 0 radical (unpaired) electrons. The molecule has 1 atom stereocenters. The number of carbonyl (C=O) groups excluding carboxylic acids is 2. The maximum Gasteiger partial charge on any atom is 0.341 e. The smallest absolute Gasteiger partial charge is 0.341 e. The van der Waals surface area contributed by atoms with Crippen LogP contribution in [-0.4, -0.2) is 63.4 Å². The molecule has 0 spiro atoms. The number of amides is 1. The van der Waals surface area contributed by atoms with Crippen LogP contribution < -0.4 is 9.47 Å². The number of methoxy groups -OCH3 is 2. The van der Waals surface area contributed by atoms with Gasteiger partial charge in [-0.1, -0.05) is 0 Å². The summed E-state index contributed by atoms with van der Waals surface area (Å²) in [5, 5.41) is 0. The van der Waals surface area contributed by atoms with E-state index in [1.807, 2.05) is 6.92 Å². The number of rotatable bonds is 5. The molecule has 0 saturated carbocycles. The first-order chi connectivity index (χ1) is 11.0. The molecular formula is C16H21NO6. The van der Waals surface area contributed by atoms with Crippen molar-refractivity contribution < 1.29 is 28.5 Å². The van der Waals surface area contributed by atoms with E-state index < -0.39 is 5.97 Å². The van der Waals surface area contributed by atoms with E-state index >= 15 is 0 Å². The lowest BCUT2D eigenvalue weighted by atomic mass is 10.2. The maximum atomic E-state index is 12.2. The fraction of sp³-hybridized carbons (Fsp3) is 0.500. The van der Waals surface area contributed by atoms with E-state index in [0.717, 1.165) is 0 Å². The van der Waals surface area contributed by atoms with Gasteiger partial charge in [0.1, 0.15) is 17.1 Å². The Morgan fingerprint density at radius 3 is 2.78 bits per heavy atom. The summed E-state index contributed by atoms with van der Waals surface area (Å²) < 4.78 is 20.7. The Bertz CT molecular complexity index is 574. The van der Waals surface area contributed by atoms with Gasteiger partial charge in [0, 0.05) is 13.1 Å². The highest BCUT2D eigenvalue weighted by Gasteiger charge is 2.22. The Hall–Kier alpha value is -2.28. The Balaban J connectivity index is 2.04. The van der Waals surface area contributed by atoms with Crippen LogP contribution >= 0.6 is 0 Å². The zero-order valence-electron chi connectivity index (χ0n) is 13.5. The van der Waals surface area contributed by atoms with Gasteiger partial charge in [0.05, 0.1) is 26.9 Å². The Kier molecular flexibility index (Phi) is 5.81. The second-order valence-electron chi connectivity index (χ2n) is 5.16. The van der Waals surface area contributed by atoms with Crippen molar-refractivity contribution in [2.24, 2.45) is 0 Å². The van der Waals surface area contributed by atoms with E-state index in [4.69, 9.17) is 18.9 Å². The minimum atomic E-state index is -0.550. The second-order valence-corrected chi connectivity index (χ2v) is 5.16. The van der Waals surface area contributed by atoms with Crippen LogP contribution in [0.15, 0.2) is 18.2 Å². The summed E-state index contributed by atoms with van der Waals surface area (Å²) in [6.45, 7) is 3.36. The summed E-state index contributed by atoms with van der Waals surface area (Å²) in [6.07, 6.45) is 0.0133. The molecule has 7 heteroatoms. The highest BCUT2D eigenvalue weighted by Crippen LogP contribution is 2.25. The predicted molar refractivity (Wildman–Crippen MR) is 81.8 cm³/mol. The number of carbonyl (C=O) groups is 2. The zero-order valence-corrected chi connectivity index (χ0v) is 13.5.